The van der Waals surface area contributed by atoms with Crippen molar-refractivity contribution in [3.05, 3.63) is 58.6 Å². The lowest BCUT2D eigenvalue weighted by Crippen LogP contribution is -1.96. The Bertz CT molecular complexity index is 818. The molecule has 7 nitrogen and oxygen atoms in total. The Kier molecular flexibility index (Phi) is 3.07. The lowest BCUT2D eigenvalue weighted by atomic mass is 10.1. The van der Waals surface area contributed by atoms with E-state index in [1.54, 1.807) is 42.5 Å². The van der Waals surface area contributed by atoms with Crippen molar-refractivity contribution in [2.24, 2.45) is 0 Å². The predicted molar refractivity (Wildman–Crippen MR) is 77.1 cm³/mol. The molecule has 2 N–H and O–H groups in total. The number of aromatic nitrogens is 2. The topological polar surface area (TPSA) is 104 Å². The molecule has 0 saturated carbocycles. The Labute approximate surface area is 119 Å². The molecule has 0 bridgehead atoms. The van der Waals surface area contributed by atoms with Gasteiger partial charge < -0.3 is 10.5 Å². The second kappa shape index (κ2) is 5.04. The van der Waals surface area contributed by atoms with Crippen LogP contribution in [0.3, 0.4) is 0 Å². The number of nitrogen functional groups attached to an aromatic ring is 1. The number of ether oxygens (including phenoxy) is 1. The summed E-state index contributed by atoms with van der Waals surface area (Å²) in [5, 5.41) is 19.7. The first-order valence-corrected chi connectivity index (χ1v) is 6.08. The van der Waals surface area contributed by atoms with Gasteiger partial charge in [-0.1, -0.05) is 18.2 Å². The van der Waals surface area contributed by atoms with Gasteiger partial charge in [0, 0.05) is 17.5 Å². The van der Waals surface area contributed by atoms with Gasteiger partial charge in [0.15, 0.2) is 0 Å². The lowest BCUT2D eigenvalue weighted by molar-refractivity contribution is -0.383. The van der Waals surface area contributed by atoms with Gasteiger partial charge >= 0.3 is 0 Å². The first-order valence-electron chi connectivity index (χ1n) is 6.08. The quantitative estimate of drug-likeness (QED) is 0.585. The number of fused-ring (bicyclic) bond motifs is 1. The van der Waals surface area contributed by atoms with Crippen LogP contribution in [-0.2, 0) is 0 Å². The fourth-order valence-electron chi connectivity index (χ4n) is 2.00. The molecule has 0 aliphatic rings. The molecular weight excluding hydrogens is 272 g/mol. The molecule has 0 aliphatic carbocycles. The Balaban J connectivity index is 2.09. The van der Waals surface area contributed by atoms with Crippen LogP contribution in [0, 0.1) is 10.1 Å². The number of hydrogen-bond acceptors (Lipinski definition) is 6. The van der Waals surface area contributed by atoms with E-state index in [9.17, 15) is 10.1 Å². The molecule has 7 heteroatoms. The number of nitro benzene ring substituents is 1. The molecule has 2 aromatic carbocycles. The number of non-ortho nitro benzene ring substituents is 1. The molecule has 3 aromatic rings. The van der Waals surface area contributed by atoms with Gasteiger partial charge in [-0.2, -0.15) is 0 Å². The van der Waals surface area contributed by atoms with Gasteiger partial charge in [-0.3, -0.25) is 10.1 Å². The van der Waals surface area contributed by atoms with E-state index in [-0.39, 0.29) is 17.4 Å². The molecule has 1 aromatic heterocycles. The van der Waals surface area contributed by atoms with Gasteiger partial charge in [-0.25, -0.2) is 0 Å². The molecule has 0 saturated heterocycles. The minimum atomic E-state index is -0.421. The van der Waals surface area contributed by atoms with Crippen molar-refractivity contribution in [2.75, 3.05) is 5.73 Å². The summed E-state index contributed by atoms with van der Waals surface area (Å²) in [6.07, 6.45) is 0. The molecule has 21 heavy (non-hydrogen) atoms. The van der Waals surface area contributed by atoms with Crippen LogP contribution in [0.5, 0.6) is 11.6 Å². The fourth-order valence-corrected chi connectivity index (χ4v) is 2.00. The van der Waals surface area contributed by atoms with Crippen molar-refractivity contribution in [2.45, 2.75) is 0 Å². The van der Waals surface area contributed by atoms with E-state index in [4.69, 9.17) is 10.5 Å². The van der Waals surface area contributed by atoms with E-state index >= 15 is 0 Å². The number of nitrogens with two attached hydrogens (primary N) is 1. The van der Waals surface area contributed by atoms with Crippen molar-refractivity contribution in [3.8, 4) is 11.6 Å². The smallest absolute Gasteiger partial charge is 0.277 e. The summed E-state index contributed by atoms with van der Waals surface area (Å²) in [5.41, 5.74) is 5.49. The third-order valence-electron chi connectivity index (χ3n) is 2.93. The summed E-state index contributed by atoms with van der Waals surface area (Å²) in [5.74, 6) is 1.02. The summed E-state index contributed by atoms with van der Waals surface area (Å²) < 4.78 is 5.63. The van der Waals surface area contributed by atoms with Gasteiger partial charge in [-0.05, 0) is 18.2 Å². The Morgan fingerprint density at radius 2 is 1.76 bits per heavy atom. The third-order valence-corrected chi connectivity index (χ3v) is 2.93. The highest BCUT2D eigenvalue weighted by Gasteiger charge is 2.15. The highest BCUT2D eigenvalue weighted by Crippen LogP contribution is 2.34. The molecule has 104 valence electrons. The molecular formula is C14H10N4O3. The SMILES string of the molecule is Nc1ccc(Oc2ccc([N+](=O)[O-])c3ccccc23)nn1. The highest BCUT2D eigenvalue weighted by molar-refractivity contribution is 5.95. The monoisotopic (exact) mass is 282 g/mol. The minimum Gasteiger partial charge on any atom is -0.437 e. The Hall–Kier alpha value is -3.22. The van der Waals surface area contributed by atoms with Crippen molar-refractivity contribution < 1.29 is 9.66 Å². The van der Waals surface area contributed by atoms with E-state index in [1.807, 2.05) is 0 Å². The van der Waals surface area contributed by atoms with Crippen molar-refractivity contribution in [3.63, 3.8) is 0 Å². The maximum atomic E-state index is 11.1. The van der Waals surface area contributed by atoms with E-state index in [0.717, 1.165) is 0 Å². The van der Waals surface area contributed by atoms with Crippen LogP contribution >= 0.6 is 0 Å². The average molecular weight is 282 g/mol. The standard InChI is InChI=1S/C14H10N4O3/c15-13-7-8-14(17-16-13)21-12-6-5-11(18(19)20)9-3-1-2-4-10(9)12/h1-8H,(H2,15,16). The van der Waals surface area contributed by atoms with Crippen LogP contribution in [0.15, 0.2) is 48.5 Å². The molecule has 0 unspecified atom stereocenters. The Morgan fingerprint density at radius 3 is 2.43 bits per heavy atom. The van der Waals surface area contributed by atoms with E-state index in [0.29, 0.717) is 16.5 Å². The summed E-state index contributed by atoms with van der Waals surface area (Å²) in [7, 11) is 0. The van der Waals surface area contributed by atoms with Crippen molar-refractivity contribution >= 4 is 22.3 Å². The van der Waals surface area contributed by atoms with Crippen LogP contribution in [-0.4, -0.2) is 15.1 Å². The molecule has 0 aliphatic heterocycles. The van der Waals surface area contributed by atoms with Crippen LogP contribution in [0.4, 0.5) is 11.5 Å². The molecule has 0 spiro atoms. The van der Waals surface area contributed by atoms with Gasteiger partial charge in [0.2, 0.25) is 5.88 Å². The van der Waals surface area contributed by atoms with Gasteiger partial charge in [-0.15, -0.1) is 10.2 Å². The average Bonchev–Trinajstić information content (AvgIpc) is 2.49. The first kappa shape index (κ1) is 12.8. The minimum absolute atomic E-state index is 0.0290. The predicted octanol–water partition coefficient (Wildman–Crippen LogP) is 2.91. The van der Waals surface area contributed by atoms with Gasteiger partial charge in [0.25, 0.3) is 5.69 Å². The number of benzene rings is 2. The zero-order valence-electron chi connectivity index (χ0n) is 10.8. The first-order chi connectivity index (χ1) is 10.1. The van der Waals surface area contributed by atoms with Crippen LogP contribution in [0.1, 0.15) is 0 Å². The van der Waals surface area contributed by atoms with E-state index < -0.39 is 4.92 Å². The largest absolute Gasteiger partial charge is 0.437 e. The van der Waals surface area contributed by atoms with E-state index in [1.165, 1.54) is 6.07 Å². The summed E-state index contributed by atoms with van der Waals surface area (Å²) >= 11 is 0. The number of nitrogens with zero attached hydrogens (tertiary/aromatic N) is 3. The second-order valence-corrected chi connectivity index (χ2v) is 4.28. The highest BCUT2D eigenvalue weighted by atomic mass is 16.6. The van der Waals surface area contributed by atoms with Crippen LogP contribution in [0.2, 0.25) is 0 Å². The summed E-state index contributed by atoms with van der Waals surface area (Å²) in [6, 6.07) is 13.0. The van der Waals surface area contributed by atoms with Crippen LogP contribution in [0.25, 0.3) is 10.8 Å². The van der Waals surface area contributed by atoms with Crippen molar-refractivity contribution in [1.29, 1.82) is 0 Å². The van der Waals surface area contributed by atoms with E-state index in [2.05, 4.69) is 10.2 Å². The maximum Gasteiger partial charge on any atom is 0.277 e. The zero-order valence-corrected chi connectivity index (χ0v) is 10.8. The summed E-state index contributed by atoms with van der Waals surface area (Å²) in [6.45, 7) is 0. The lowest BCUT2D eigenvalue weighted by Gasteiger charge is -2.08. The number of anilines is 1. The normalized spacial score (nSPS) is 10.5. The number of nitro groups is 1. The molecule has 1 heterocycles. The van der Waals surface area contributed by atoms with Gasteiger partial charge in [0.05, 0.1) is 10.3 Å². The van der Waals surface area contributed by atoms with Crippen LogP contribution < -0.4 is 10.5 Å². The maximum absolute atomic E-state index is 11.1. The molecule has 0 radical (unpaired) electrons. The Morgan fingerprint density at radius 1 is 1.00 bits per heavy atom. The number of hydrogen-bond donors (Lipinski definition) is 1. The second-order valence-electron chi connectivity index (χ2n) is 4.28. The molecule has 3 rings (SSSR count). The fraction of sp³-hybridized carbons (Fsp3) is 0. The molecule has 0 atom stereocenters. The van der Waals surface area contributed by atoms with Crippen molar-refractivity contribution in [1.82, 2.24) is 10.2 Å². The third kappa shape index (κ3) is 2.44. The molecule has 0 amide bonds. The summed E-state index contributed by atoms with van der Waals surface area (Å²) in [4.78, 5) is 10.6. The number of rotatable bonds is 3. The van der Waals surface area contributed by atoms with Gasteiger partial charge in [0.1, 0.15) is 11.6 Å². The molecule has 0 fully saturated rings. The zero-order chi connectivity index (χ0) is 14.8.